The van der Waals surface area contributed by atoms with E-state index in [0.29, 0.717) is 23.3 Å². The second-order valence-corrected chi connectivity index (χ2v) is 20.1. The van der Waals surface area contributed by atoms with E-state index in [1.54, 1.807) is 0 Å². The molecule has 2 aliphatic rings. The van der Waals surface area contributed by atoms with Crippen LogP contribution in [0.1, 0.15) is 143 Å². The van der Waals surface area contributed by atoms with E-state index in [9.17, 15) is 0 Å². The van der Waals surface area contributed by atoms with Gasteiger partial charge in [-0.3, -0.25) is 4.99 Å². The van der Waals surface area contributed by atoms with Crippen LogP contribution in [0.2, 0.25) is 0 Å². The van der Waals surface area contributed by atoms with E-state index in [4.69, 9.17) is 19.5 Å². The molecule has 0 unspecified atom stereocenters. The Morgan fingerprint density at radius 3 is 2.22 bits per heavy atom. The monoisotopic (exact) mass is 952 g/mol. The fraction of sp³-hybridized carbons (Fsp3) is 0.423. The molecule has 3 heterocycles. The summed E-state index contributed by atoms with van der Waals surface area (Å²) in [5, 5.41) is 2.30. The summed E-state index contributed by atoms with van der Waals surface area (Å²) in [6.45, 7) is 27.2. The van der Waals surface area contributed by atoms with Gasteiger partial charge in [0.25, 0.3) is 0 Å². The average molecular weight is 953 g/mol. The second-order valence-electron chi connectivity index (χ2n) is 20.1. The molecule has 0 saturated heterocycles. The molecule has 1 aliphatic heterocycles. The second kappa shape index (κ2) is 15.1. The molecular formula is C52H59N3O2Pt. The van der Waals surface area contributed by atoms with Gasteiger partial charge in [-0.25, -0.2) is 4.98 Å². The van der Waals surface area contributed by atoms with Crippen molar-refractivity contribution in [3.8, 4) is 28.3 Å². The van der Waals surface area contributed by atoms with Crippen LogP contribution in [0.25, 0.3) is 38.8 Å². The fourth-order valence-corrected chi connectivity index (χ4v) is 8.79. The zero-order valence-electron chi connectivity index (χ0n) is 36.5. The first-order chi connectivity index (χ1) is 26.8. The quantitative estimate of drug-likeness (QED) is 0.156. The summed E-state index contributed by atoms with van der Waals surface area (Å²) >= 11 is 0. The van der Waals surface area contributed by atoms with Crippen molar-refractivity contribution in [1.82, 2.24) is 9.55 Å². The van der Waals surface area contributed by atoms with Gasteiger partial charge in [0.05, 0.1) is 11.6 Å². The zero-order chi connectivity index (χ0) is 40.7. The maximum atomic E-state index is 7.02. The number of ether oxygens (including phenoxy) is 2. The molecule has 6 heteroatoms. The molecule has 0 amide bonds. The van der Waals surface area contributed by atoms with Crippen LogP contribution in [-0.4, -0.2) is 27.1 Å². The topological polar surface area (TPSA) is 48.6 Å². The summed E-state index contributed by atoms with van der Waals surface area (Å²) in [6, 6.07) is 34.0. The molecule has 58 heavy (non-hydrogen) atoms. The van der Waals surface area contributed by atoms with Crippen LogP contribution in [-0.2, 0) is 42.0 Å². The number of nitrogens with zero attached hydrogens (tertiary/aromatic N) is 3. The molecule has 2 atom stereocenters. The van der Waals surface area contributed by atoms with Gasteiger partial charge in [-0.15, -0.1) is 29.8 Å². The average Bonchev–Trinajstić information content (AvgIpc) is 3.68. The molecule has 5 nitrogen and oxygen atoms in total. The van der Waals surface area contributed by atoms with Crippen molar-refractivity contribution in [3.05, 3.63) is 119 Å². The number of rotatable bonds is 6. The van der Waals surface area contributed by atoms with Crippen molar-refractivity contribution in [2.75, 3.05) is 0 Å². The van der Waals surface area contributed by atoms with Crippen molar-refractivity contribution in [1.29, 1.82) is 0 Å². The molecule has 0 bridgehead atoms. The summed E-state index contributed by atoms with van der Waals surface area (Å²) in [5.74, 6) is 2.21. The minimum Gasteiger partial charge on any atom is -0.512 e. The predicted octanol–water partition coefficient (Wildman–Crippen LogP) is 13.7. The minimum atomic E-state index is -0.293. The van der Waals surface area contributed by atoms with Gasteiger partial charge in [0.1, 0.15) is 17.1 Å². The summed E-state index contributed by atoms with van der Waals surface area (Å²) < 4.78 is 16.1. The Hall–Kier alpha value is -4.21. The number of aliphatic imine (C=N–C) groups is 1. The molecule has 304 valence electrons. The van der Waals surface area contributed by atoms with Gasteiger partial charge in [0, 0.05) is 28.5 Å². The van der Waals surface area contributed by atoms with Crippen LogP contribution >= 0.6 is 0 Å². The molecular weight excluding hydrogens is 894 g/mol. The summed E-state index contributed by atoms with van der Waals surface area (Å²) in [7, 11) is 0. The summed E-state index contributed by atoms with van der Waals surface area (Å²) in [4.78, 5) is 10.2. The SMILES string of the molecule is CC(C)c1cccc(C(C)(C)C)c1-c1cc(Oc2[c-]c(-n3c4ccc(C(C)(C)C)cc4c4cccnc43)cc(C(C)(C)C)c2)[c-]c(C2=N[C@@H]3CCCC[C@]3(C)O2)c1.[Pt+2]. The Balaban J connectivity index is 0.00000512. The molecule has 4 aromatic carbocycles. The number of benzene rings is 4. The van der Waals surface area contributed by atoms with E-state index in [1.165, 1.54) is 34.1 Å². The van der Waals surface area contributed by atoms with Gasteiger partial charge in [-0.05, 0) is 94.9 Å². The Morgan fingerprint density at radius 2 is 1.53 bits per heavy atom. The number of hydrogen-bond acceptors (Lipinski definition) is 4. The molecule has 0 radical (unpaired) electrons. The van der Waals surface area contributed by atoms with Crippen molar-refractivity contribution in [2.24, 2.45) is 4.99 Å². The molecule has 0 N–H and O–H groups in total. The Bertz CT molecular complexity index is 2540. The molecule has 1 saturated carbocycles. The van der Waals surface area contributed by atoms with E-state index in [2.05, 4.69) is 167 Å². The Kier molecular flexibility index (Phi) is 10.9. The van der Waals surface area contributed by atoms with E-state index >= 15 is 0 Å². The Morgan fingerprint density at radius 1 is 0.793 bits per heavy atom. The standard InChI is InChI=1S/C52H59N3O2.Pt/c1-32(2)40-17-15-19-43(51(9,10)11)46(40)33-25-34(48-54-45-20-13-14-23-52(45,12)57-48)27-38(26-33)56-39-29-36(50(6,7)8)28-37(31-39)55-44-22-21-35(49(3,4)5)30-42(44)41-18-16-24-53-47(41)55;/h15-19,21-22,24-26,28-30,32,45H,13-14,20,23H2,1-12H3;/q-2;+2/t45-,52+;/m1./s1. The zero-order valence-corrected chi connectivity index (χ0v) is 38.7. The molecule has 1 aliphatic carbocycles. The third-order valence-corrected chi connectivity index (χ3v) is 12.1. The van der Waals surface area contributed by atoms with Gasteiger partial charge >= 0.3 is 21.1 Å². The molecule has 6 aromatic rings. The third kappa shape index (κ3) is 7.81. The largest absolute Gasteiger partial charge is 2.00 e. The molecule has 1 fully saturated rings. The van der Waals surface area contributed by atoms with Crippen molar-refractivity contribution >= 4 is 27.8 Å². The van der Waals surface area contributed by atoms with Crippen molar-refractivity contribution in [3.63, 3.8) is 0 Å². The minimum absolute atomic E-state index is 0. The van der Waals surface area contributed by atoms with E-state index in [0.717, 1.165) is 58.2 Å². The van der Waals surface area contributed by atoms with Crippen LogP contribution in [0.3, 0.4) is 0 Å². The van der Waals surface area contributed by atoms with Crippen LogP contribution in [0, 0.1) is 12.1 Å². The van der Waals surface area contributed by atoms with Gasteiger partial charge in [0.2, 0.25) is 0 Å². The smallest absolute Gasteiger partial charge is 0.512 e. The van der Waals surface area contributed by atoms with Crippen molar-refractivity contribution in [2.45, 2.75) is 143 Å². The van der Waals surface area contributed by atoms with Crippen LogP contribution in [0.4, 0.5) is 0 Å². The Labute approximate surface area is 360 Å². The van der Waals surface area contributed by atoms with Crippen molar-refractivity contribution < 1.29 is 30.5 Å². The molecule has 0 spiro atoms. The summed E-state index contributed by atoms with van der Waals surface area (Å²) in [5.41, 5.74) is 10.5. The maximum absolute atomic E-state index is 7.02. The van der Waals surface area contributed by atoms with E-state index in [-0.39, 0.29) is 49.0 Å². The molecule has 8 rings (SSSR count). The number of hydrogen-bond donors (Lipinski definition) is 0. The maximum Gasteiger partial charge on any atom is 2.00 e. The number of fused-ring (bicyclic) bond motifs is 4. The van der Waals surface area contributed by atoms with Crippen LogP contribution in [0.5, 0.6) is 11.5 Å². The van der Waals surface area contributed by atoms with E-state index in [1.807, 2.05) is 12.3 Å². The van der Waals surface area contributed by atoms with Gasteiger partial charge < -0.3 is 14.0 Å². The van der Waals surface area contributed by atoms with Crippen LogP contribution < -0.4 is 4.74 Å². The van der Waals surface area contributed by atoms with Gasteiger partial charge in [-0.1, -0.05) is 136 Å². The van der Waals surface area contributed by atoms with E-state index < -0.39 is 0 Å². The predicted molar refractivity (Wildman–Crippen MR) is 237 cm³/mol. The first kappa shape index (κ1) is 41.9. The fourth-order valence-electron chi connectivity index (χ4n) is 8.79. The molecule has 2 aromatic heterocycles. The first-order valence-electron chi connectivity index (χ1n) is 20.9. The number of pyridine rings is 1. The number of aromatic nitrogens is 2. The normalized spacial score (nSPS) is 18.6. The third-order valence-electron chi connectivity index (χ3n) is 12.1. The van der Waals surface area contributed by atoms with Gasteiger partial charge in [0.15, 0.2) is 0 Å². The first-order valence-corrected chi connectivity index (χ1v) is 20.9. The summed E-state index contributed by atoms with van der Waals surface area (Å²) in [6.07, 6.45) is 6.26. The van der Waals surface area contributed by atoms with Crippen LogP contribution in [0.15, 0.2) is 84.0 Å². The van der Waals surface area contributed by atoms with Gasteiger partial charge in [-0.2, -0.15) is 0 Å².